The maximum Gasteiger partial charge on any atom is 3.00 e. The van der Waals surface area contributed by atoms with E-state index in [0.29, 0.717) is 0 Å². The number of nitrogens with one attached hydrogen (secondary N) is 2. The summed E-state index contributed by atoms with van der Waals surface area (Å²) in [6.07, 6.45) is 3.39. The summed E-state index contributed by atoms with van der Waals surface area (Å²) in [5.41, 5.74) is 10.5. The maximum absolute atomic E-state index is 4.52. The van der Waals surface area contributed by atoms with Gasteiger partial charge in [0.05, 0.1) is 35.2 Å². The van der Waals surface area contributed by atoms with Crippen molar-refractivity contribution < 1.29 is 54.3 Å². The van der Waals surface area contributed by atoms with Crippen LogP contribution < -0.4 is 48.1 Å². The second-order valence-corrected chi connectivity index (χ2v) is 5.47. The number of benzene rings is 2. The molecule has 0 bridgehead atoms. The summed E-state index contributed by atoms with van der Waals surface area (Å²) >= 11 is 0. The predicted octanol–water partition coefficient (Wildman–Crippen LogP) is -4.71. The Kier molecular flexibility index (Phi) is 15.9. The fourth-order valence-electron chi connectivity index (χ4n) is 2.23. The molecule has 0 fully saturated rings. The third-order valence-corrected chi connectivity index (χ3v) is 3.34. The van der Waals surface area contributed by atoms with Crippen LogP contribution in [0.2, 0.25) is 0 Å². The quantitative estimate of drug-likeness (QED) is 0.207. The molecule has 29 heavy (non-hydrogen) atoms. The van der Waals surface area contributed by atoms with E-state index in [0.717, 1.165) is 28.3 Å². The van der Waals surface area contributed by atoms with Gasteiger partial charge in [-0.05, 0) is 48.9 Å². The predicted molar refractivity (Wildman–Crippen MR) is 104 cm³/mol. The van der Waals surface area contributed by atoms with Crippen LogP contribution in [0.4, 0.5) is 11.4 Å². The molecule has 5 nitrogen and oxygen atoms in total. The summed E-state index contributed by atoms with van der Waals surface area (Å²) < 4.78 is 0. The van der Waals surface area contributed by atoms with E-state index in [2.05, 4.69) is 26.0 Å². The Morgan fingerprint density at radius 3 is 1.45 bits per heavy atom. The van der Waals surface area contributed by atoms with Gasteiger partial charge in [0.2, 0.25) is 0 Å². The van der Waals surface area contributed by atoms with Gasteiger partial charge in [0.1, 0.15) is 0 Å². The molecule has 0 aliphatic heterocycles. The van der Waals surface area contributed by atoms with Crippen molar-refractivity contribution in [1.29, 1.82) is 0 Å². The molecule has 1 heterocycles. The van der Waals surface area contributed by atoms with Gasteiger partial charge in [-0.1, -0.05) is 36.4 Å². The number of pyridine rings is 1. The van der Waals surface area contributed by atoms with Gasteiger partial charge in [0.25, 0.3) is 0 Å². The summed E-state index contributed by atoms with van der Waals surface area (Å²) in [4.78, 5) is 4.52. The Morgan fingerprint density at radius 2 is 1.07 bits per heavy atom. The van der Waals surface area contributed by atoms with Crippen molar-refractivity contribution >= 4 is 23.8 Å². The molecule has 0 aliphatic rings. The van der Waals surface area contributed by atoms with Crippen LogP contribution >= 0.6 is 0 Å². The van der Waals surface area contributed by atoms with Crippen LogP contribution in [0, 0.1) is 6.92 Å². The molecule has 2 aromatic carbocycles. The zero-order chi connectivity index (χ0) is 17.3. The number of rotatable bonds is 6. The van der Waals surface area contributed by atoms with E-state index < -0.39 is 0 Å². The number of hydrogen-bond acceptors (Lipinski definition) is 5. The Morgan fingerprint density at radius 1 is 0.690 bits per heavy atom. The molecule has 0 unspecified atom stereocenters. The Hall–Kier alpha value is -2.08. The van der Waals surface area contributed by atoms with Crippen molar-refractivity contribution in [1.82, 2.24) is 4.98 Å². The molecule has 3 aromatic rings. The summed E-state index contributed by atoms with van der Waals surface area (Å²) in [7, 11) is 0. The van der Waals surface area contributed by atoms with Crippen LogP contribution in [0.1, 0.15) is 17.0 Å². The van der Waals surface area contributed by atoms with E-state index >= 15 is 0 Å². The average molecular weight is 492 g/mol. The zero-order valence-electron chi connectivity index (χ0n) is 15.4. The minimum atomic E-state index is 0. The molecule has 0 aliphatic carbocycles. The van der Waals surface area contributed by atoms with Crippen LogP contribution in [0.3, 0.4) is 0 Å². The van der Waals surface area contributed by atoms with Crippen LogP contribution in [-0.4, -0.2) is 17.4 Å². The second kappa shape index (κ2) is 15.8. The number of anilines is 2. The average Bonchev–Trinajstić information content (AvgIpc) is 2.63. The number of hydrogen-bond donors (Lipinski definition) is 2. The Balaban J connectivity index is 0. The first-order chi connectivity index (χ1) is 12.3. The number of nitrogens with zero attached hydrogens (tertiary/aromatic N) is 3. The molecule has 3 rings (SSSR count). The molecule has 0 saturated heterocycles. The van der Waals surface area contributed by atoms with Crippen molar-refractivity contribution in [3.8, 4) is 0 Å². The maximum atomic E-state index is 4.52. The largest absolute Gasteiger partial charge is 3.00 e. The first-order valence-electron chi connectivity index (χ1n) is 7.96. The first-order valence-corrected chi connectivity index (χ1v) is 7.96. The van der Waals surface area contributed by atoms with Gasteiger partial charge in [-0.25, -0.2) is 4.98 Å². The number of hydrazone groups is 2. The van der Waals surface area contributed by atoms with E-state index in [1.807, 2.05) is 79.7 Å². The van der Waals surface area contributed by atoms with Crippen molar-refractivity contribution in [2.45, 2.75) is 6.92 Å². The van der Waals surface area contributed by atoms with E-state index in [1.54, 1.807) is 12.4 Å². The zero-order valence-corrected chi connectivity index (χ0v) is 18.8. The first kappa shape index (κ1) is 29.1. The Bertz CT molecular complexity index is 808. The van der Waals surface area contributed by atoms with Gasteiger partial charge in [-0.15, -0.1) is 0 Å². The van der Waals surface area contributed by atoms with Gasteiger partial charge >= 0.3 is 17.1 Å². The van der Waals surface area contributed by atoms with Crippen molar-refractivity contribution in [2.75, 3.05) is 10.9 Å². The van der Waals surface area contributed by atoms with Gasteiger partial charge in [0.15, 0.2) is 0 Å². The van der Waals surface area contributed by atoms with Crippen LogP contribution in [0.5, 0.6) is 0 Å². The van der Waals surface area contributed by atoms with Crippen molar-refractivity contribution in [2.24, 2.45) is 10.2 Å². The molecule has 153 valence electrons. The third kappa shape index (κ3) is 10.3. The standard InChI is InChI=1S/C20H19N5.3ClH.Fe/c1-16-12-19(14-21-24-17-8-4-2-5-9-17)23-20(13-16)15-22-25-18-10-6-3-7-11-18;;;;/h2-15,24-25H,1H3;3*1H;/q;;;;+3/p-3. The number of aromatic nitrogens is 1. The van der Waals surface area contributed by atoms with Crippen LogP contribution in [0.25, 0.3) is 0 Å². The van der Waals surface area contributed by atoms with E-state index in [9.17, 15) is 0 Å². The Labute approximate surface area is 200 Å². The SMILES string of the molecule is Cc1cc(C=NNc2ccccc2)nc(C=NNc2ccccc2)c1.[Cl-].[Cl-].[Cl-].[Fe+3]. The summed E-state index contributed by atoms with van der Waals surface area (Å²) in [6, 6.07) is 23.5. The topological polar surface area (TPSA) is 61.7 Å². The van der Waals surface area contributed by atoms with E-state index in [-0.39, 0.29) is 54.3 Å². The number of aryl methyl sites for hydroxylation is 1. The fraction of sp³-hybridized carbons (Fsp3) is 0.0500. The molecule has 0 saturated carbocycles. The molecule has 0 atom stereocenters. The van der Waals surface area contributed by atoms with Crippen LogP contribution in [0.15, 0.2) is 83.0 Å². The molecule has 0 amide bonds. The molecular formula is C20H19Cl3FeN5. The van der Waals surface area contributed by atoms with Gasteiger partial charge in [-0.3, -0.25) is 10.9 Å². The fourth-order valence-corrected chi connectivity index (χ4v) is 2.23. The van der Waals surface area contributed by atoms with Crippen molar-refractivity contribution in [3.05, 3.63) is 89.7 Å². The smallest absolute Gasteiger partial charge is 1.00 e. The molecule has 0 spiro atoms. The summed E-state index contributed by atoms with van der Waals surface area (Å²) in [5.74, 6) is 0. The molecule has 9 heteroatoms. The van der Waals surface area contributed by atoms with Gasteiger partial charge in [0, 0.05) is 0 Å². The number of halogens is 3. The van der Waals surface area contributed by atoms with Crippen LogP contribution in [-0.2, 0) is 17.1 Å². The molecular weight excluding hydrogens is 472 g/mol. The normalized spacial score (nSPS) is 9.55. The second-order valence-electron chi connectivity index (χ2n) is 5.47. The third-order valence-electron chi connectivity index (χ3n) is 3.34. The van der Waals surface area contributed by atoms with Crippen molar-refractivity contribution in [3.63, 3.8) is 0 Å². The molecule has 1 aromatic heterocycles. The van der Waals surface area contributed by atoms with Gasteiger partial charge < -0.3 is 37.2 Å². The summed E-state index contributed by atoms with van der Waals surface area (Å²) in [5, 5.41) is 8.45. The summed E-state index contributed by atoms with van der Waals surface area (Å²) in [6.45, 7) is 2.02. The monoisotopic (exact) mass is 490 g/mol. The van der Waals surface area contributed by atoms with E-state index in [1.165, 1.54) is 0 Å². The molecule has 2 N–H and O–H groups in total. The minimum Gasteiger partial charge on any atom is -1.00 e. The minimum absolute atomic E-state index is 0. The van der Waals surface area contributed by atoms with Gasteiger partial charge in [-0.2, -0.15) is 10.2 Å². The molecule has 1 radical (unpaired) electrons. The number of para-hydroxylation sites is 2. The van der Waals surface area contributed by atoms with E-state index in [4.69, 9.17) is 0 Å².